The van der Waals surface area contributed by atoms with Crippen LogP contribution in [0.4, 0.5) is 0 Å². The van der Waals surface area contributed by atoms with Crippen molar-refractivity contribution in [1.29, 1.82) is 0 Å². The van der Waals surface area contributed by atoms with Crippen LogP contribution in [0.15, 0.2) is 11.6 Å². The number of methoxy groups -OCH3 is 1. The Kier molecular flexibility index (Phi) is 7.64. The fourth-order valence-corrected chi connectivity index (χ4v) is 1.68. The first-order valence-corrected chi connectivity index (χ1v) is 5.98. The number of likely N-dealkylation sites (N-methyl/N-ethyl adjacent to an activating group) is 1. The zero-order chi connectivity index (χ0) is 12.7. The number of nitrogens with zero attached hydrogens (tertiary/aromatic N) is 1. The van der Waals surface area contributed by atoms with Gasteiger partial charge in [0, 0.05) is 13.7 Å². The van der Waals surface area contributed by atoms with Crippen LogP contribution in [-0.4, -0.2) is 44.0 Å². The van der Waals surface area contributed by atoms with Crippen molar-refractivity contribution in [2.45, 2.75) is 33.5 Å². The first kappa shape index (κ1) is 15.6. The van der Waals surface area contributed by atoms with E-state index in [9.17, 15) is 5.11 Å². The lowest BCUT2D eigenvalue weighted by Crippen LogP contribution is -2.23. The predicted octanol–water partition coefficient (Wildman–Crippen LogP) is 2.12. The highest BCUT2D eigenvalue weighted by atomic mass is 16.6. The summed E-state index contributed by atoms with van der Waals surface area (Å²) in [6, 6.07) is 0. The summed E-state index contributed by atoms with van der Waals surface area (Å²) < 4.78 is 4.89. The number of hydrogen-bond acceptors (Lipinski definition) is 3. The Labute approximate surface area is 100 Å². The first-order chi connectivity index (χ1) is 7.42. The smallest absolute Gasteiger partial charge is 0.174 e. The summed E-state index contributed by atoms with van der Waals surface area (Å²) in [6.07, 6.45) is 2.19. The summed E-state index contributed by atoms with van der Waals surface area (Å²) in [5.41, 5.74) is 1.24. The minimum absolute atomic E-state index is 0.470. The van der Waals surface area contributed by atoms with Crippen LogP contribution in [0, 0.1) is 11.8 Å². The standard InChI is InChI=1S/C13H27NO2/c1-7-10(2)11(3)12(9-14(4)5)8-13(15)16-6/h8,10-11,13,15H,7,9H2,1-6H3/b12-8+. The molecular weight excluding hydrogens is 202 g/mol. The van der Waals surface area contributed by atoms with E-state index < -0.39 is 6.29 Å². The van der Waals surface area contributed by atoms with Gasteiger partial charge < -0.3 is 14.7 Å². The fraction of sp³-hybridized carbons (Fsp3) is 0.846. The van der Waals surface area contributed by atoms with Crippen molar-refractivity contribution in [3.05, 3.63) is 11.6 Å². The molecule has 0 aliphatic carbocycles. The van der Waals surface area contributed by atoms with Gasteiger partial charge in [-0.25, -0.2) is 0 Å². The number of ether oxygens (including phenoxy) is 1. The van der Waals surface area contributed by atoms with E-state index in [-0.39, 0.29) is 0 Å². The van der Waals surface area contributed by atoms with Gasteiger partial charge in [0.05, 0.1) is 0 Å². The molecule has 0 rings (SSSR count). The van der Waals surface area contributed by atoms with Gasteiger partial charge in [0.2, 0.25) is 0 Å². The Morgan fingerprint density at radius 2 is 1.94 bits per heavy atom. The molecule has 0 saturated heterocycles. The number of hydrogen-bond donors (Lipinski definition) is 1. The fourth-order valence-electron chi connectivity index (χ4n) is 1.68. The quantitative estimate of drug-likeness (QED) is 0.536. The van der Waals surface area contributed by atoms with Crippen LogP contribution >= 0.6 is 0 Å². The molecule has 1 N–H and O–H groups in total. The summed E-state index contributed by atoms with van der Waals surface area (Å²) in [7, 11) is 5.59. The van der Waals surface area contributed by atoms with Crippen molar-refractivity contribution in [3.8, 4) is 0 Å². The number of rotatable bonds is 7. The predicted molar refractivity (Wildman–Crippen MR) is 68.3 cm³/mol. The minimum atomic E-state index is -0.790. The van der Waals surface area contributed by atoms with Crippen LogP contribution in [0.5, 0.6) is 0 Å². The summed E-state index contributed by atoms with van der Waals surface area (Å²) in [4.78, 5) is 2.12. The third kappa shape index (κ3) is 5.64. The molecule has 3 nitrogen and oxygen atoms in total. The van der Waals surface area contributed by atoms with Gasteiger partial charge in [0.15, 0.2) is 6.29 Å². The highest BCUT2D eigenvalue weighted by Crippen LogP contribution is 2.23. The molecule has 0 aromatic rings. The molecule has 0 aliphatic heterocycles. The van der Waals surface area contributed by atoms with Gasteiger partial charge in [-0.05, 0) is 32.0 Å². The Morgan fingerprint density at radius 1 is 1.38 bits per heavy atom. The molecule has 0 heterocycles. The molecule has 0 aromatic heterocycles. The molecule has 0 aromatic carbocycles. The molecule has 0 saturated carbocycles. The highest BCUT2D eigenvalue weighted by Gasteiger charge is 2.17. The van der Waals surface area contributed by atoms with Crippen molar-refractivity contribution >= 4 is 0 Å². The average molecular weight is 229 g/mol. The molecule has 3 heteroatoms. The second kappa shape index (κ2) is 7.82. The SMILES string of the molecule is CCC(C)C(C)/C(=C/C(O)OC)CN(C)C. The van der Waals surface area contributed by atoms with E-state index in [0.717, 1.165) is 13.0 Å². The molecule has 0 amide bonds. The monoisotopic (exact) mass is 229 g/mol. The van der Waals surface area contributed by atoms with Gasteiger partial charge in [-0.2, -0.15) is 0 Å². The Bertz CT molecular complexity index is 214. The molecule has 0 fully saturated rings. The van der Waals surface area contributed by atoms with E-state index in [4.69, 9.17) is 4.74 Å². The van der Waals surface area contributed by atoms with Crippen molar-refractivity contribution < 1.29 is 9.84 Å². The van der Waals surface area contributed by atoms with Crippen LogP contribution in [0.2, 0.25) is 0 Å². The van der Waals surface area contributed by atoms with E-state index >= 15 is 0 Å². The van der Waals surface area contributed by atoms with Crippen LogP contribution in [0.25, 0.3) is 0 Å². The van der Waals surface area contributed by atoms with Gasteiger partial charge >= 0.3 is 0 Å². The maximum Gasteiger partial charge on any atom is 0.174 e. The van der Waals surface area contributed by atoms with E-state index in [1.165, 1.54) is 12.7 Å². The number of aliphatic hydroxyl groups is 1. The normalized spacial score (nSPS) is 18.6. The number of aliphatic hydroxyl groups excluding tert-OH is 1. The van der Waals surface area contributed by atoms with E-state index in [1.807, 2.05) is 20.2 Å². The lowest BCUT2D eigenvalue weighted by Gasteiger charge is -2.25. The third-order valence-corrected chi connectivity index (χ3v) is 3.18. The molecule has 0 aliphatic rings. The summed E-state index contributed by atoms with van der Waals surface area (Å²) in [5.74, 6) is 1.09. The summed E-state index contributed by atoms with van der Waals surface area (Å²) >= 11 is 0. The van der Waals surface area contributed by atoms with Gasteiger partial charge in [0.25, 0.3) is 0 Å². The lowest BCUT2D eigenvalue weighted by molar-refractivity contribution is -0.0368. The van der Waals surface area contributed by atoms with Gasteiger partial charge in [-0.15, -0.1) is 0 Å². The second-order valence-corrected chi connectivity index (χ2v) is 4.78. The molecule has 0 spiro atoms. The Balaban J connectivity index is 4.71. The maximum absolute atomic E-state index is 9.53. The van der Waals surface area contributed by atoms with E-state index in [1.54, 1.807) is 0 Å². The third-order valence-electron chi connectivity index (χ3n) is 3.18. The highest BCUT2D eigenvalue weighted by molar-refractivity contribution is 5.10. The molecular formula is C13H27NO2. The molecule has 0 radical (unpaired) electrons. The van der Waals surface area contributed by atoms with Gasteiger partial charge in [-0.3, -0.25) is 0 Å². The molecule has 16 heavy (non-hydrogen) atoms. The second-order valence-electron chi connectivity index (χ2n) is 4.78. The first-order valence-electron chi connectivity index (χ1n) is 5.98. The van der Waals surface area contributed by atoms with Crippen LogP contribution in [0.1, 0.15) is 27.2 Å². The Hall–Kier alpha value is -0.380. The molecule has 96 valence electrons. The Morgan fingerprint density at radius 3 is 2.31 bits per heavy atom. The van der Waals surface area contributed by atoms with Gasteiger partial charge in [-0.1, -0.05) is 32.8 Å². The van der Waals surface area contributed by atoms with E-state index in [2.05, 4.69) is 25.7 Å². The van der Waals surface area contributed by atoms with Gasteiger partial charge in [0.1, 0.15) is 0 Å². The van der Waals surface area contributed by atoms with Crippen molar-refractivity contribution in [1.82, 2.24) is 4.90 Å². The summed E-state index contributed by atoms with van der Waals surface area (Å²) in [5, 5.41) is 9.53. The summed E-state index contributed by atoms with van der Waals surface area (Å²) in [6.45, 7) is 7.52. The topological polar surface area (TPSA) is 32.7 Å². The zero-order valence-corrected chi connectivity index (χ0v) is 11.5. The maximum atomic E-state index is 9.53. The minimum Gasteiger partial charge on any atom is -0.365 e. The van der Waals surface area contributed by atoms with Crippen molar-refractivity contribution in [2.75, 3.05) is 27.7 Å². The van der Waals surface area contributed by atoms with Crippen LogP contribution in [0.3, 0.4) is 0 Å². The average Bonchev–Trinajstić information content (AvgIpc) is 2.25. The van der Waals surface area contributed by atoms with Crippen molar-refractivity contribution in [2.24, 2.45) is 11.8 Å². The van der Waals surface area contributed by atoms with Crippen LogP contribution < -0.4 is 0 Å². The van der Waals surface area contributed by atoms with Crippen LogP contribution in [-0.2, 0) is 4.74 Å². The van der Waals surface area contributed by atoms with E-state index in [0.29, 0.717) is 11.8 Å². The molecule has 3 atom stereocenters. The zero-order valence-electron chi connectivity index (χ0n) is 11.5. The lowest BCUT2D eigenvalue weighted by atomic mass is 9.86. The molecule has 0 bridgehead atoms. The largest absolute Gasteiger partial charge is 0.365 e. The van der Waals surface area contributed by atoms with Crippen molar-refractivity contribution in [3.63, 3.8) is 0 Å². The molecule has 3 unspecified atom stereocenters.